The molecule has 162 valence electrons. The van der Waals surface area contributed by atoms with E-state index in [4.69, 9.17) is 4.42 Å². The Bertz CT molecular complexity index is 1320. The SMILES string of the molecule is O=C(Nc1ccc(F)c(F)c1)N1CCC[C@H]1c1nc2cc(-c3cccc(F)c3)ccc2o1. The van der Waals surface area contributed by atoms with E-state index in [1.165, 1.54) is 18.2 Å². The predicted octanol–water partition coefficient (Wildman–Crippen LogP) is 6.28. The average molecular weight is 437 g/mol. The van der Waals surface area contributed by atoms with Gasteiger partial charge in [-0.05, 0) is 60.4 Å². The van der Waals surface area contributed by atoms with Gasteiger partial charge in [0.2, 0.25) is 5.89 Å². The molecule has 1 aromatic heterocycles. The van der Waals surface area contributed by atoms with Crippen LogP contribution in [0.15, 0.2) is 65.1 Å². The van der Waals surface area contributed by atoms with Gasteiger partial charge in [-0.2, -0.15) is 0 Å². The van der Waals surface area contributed by atoms with E-state index in [1.54, 1.807) is 17.0 Å². The van der Waals surface area contributed by atoms with Gasteiger partial charge in [0.25, 0.3) is 0 Å². The minimum Gasteiger partial charge on any atom is -0.438 e. The zero-order chi connectivity index (χ0) is 22.2. The number of urea groups is 1. The lowest BCUT2D eigenvalue weighted by Gasteiger charge is -2.22. The minimum absolute atomic E-state index is 0.164. The summed E-state index contributed by atoms with van der Waals surface area (Å²) in [6, 6.07) is 14.1. The van der Waals surface area contributed by atoms with E-state index in [0.29, 0.717) is 30.0 Å². The van der Waals surface area contributed by atoms with Crippen molar-refractivity contribution in [2.75, 3.05) is 11.9 Å². The smallest absolute Gasteiger partial charge is 0.322 e. The number of amides is 2. The molecular formula is C24H18F3N3O2. The highest BCUT2D eigenvalue weighted by Gasteiger charge is 2.33. The molecule has 2 heterocycles. The Morgan fingerprint density at radius 1 is 1.00 bits per heavy atom. The average Bonchev–Trinajstić information content (AvgIpc) is 3.42. The molecule has 0 bridgehead atoms. The van der Waals surface area contributed by atoms with Gasteiger partial charge in [0.1, 0.15) is 17.4 Å². The van der Waals surface area contributed by atoms with Crippen molar-refractivity contribution in [3.8, 4) is 11.1 Å². The van der Waals surface area contributed by atoms with Crippen molar-refractivity contribution in [2.45, 2.75) is 18.9 Å². The van der Waals surface area contributed by atoms with E-state index < -0.39 is 17.7 Å². The van der Waals surface area contributed by atoms with E-state index >= 15 is 0 Å². The molecule has 1 saturated heterocycles. The van der Waals surface area contributed by atoms with Gasteiger partial charge in [-0.1, -0.05) is 18.2 Å². The third-order valence-electron chi connectivity index (χ3n) is 5.53. The van der Waals surface area contributed by atoms with Crippen molar-refractivity contribution in [2.24, 2.45) is 0 Å². The van der Waals surface area contributed by atoms with Crippen LogP contribution in [0.5, 0.6) is 0 Å². The van der Waals surface area contributed by atoms with Crippen LogP contribution in [0.1, 0.15) is 24.8 Å². The number of rotatable bonds is 3. The molecule has 32 heavy (non-hydrogen) atoms. The number of nitrogens with one attached hydrogen (secondary N) is 1. The molecule has 8 heteroatoms. The maximum Gasteiger partial charge on any atom is 0.322 e. The lowest BCUT2D eigenvalue weighted by molar-refractivity contribution is 0.199. The first-order valence-electron chi connectivity index (χ1n) is 10.2. The number of anilines is 1. The largest absolute Gasteiger partial charge is 0.438 e. The second-order valence-electron chi connectivity index (χ2n) is 7.66. The van der Waals surface area contributed by atoms with Gasteiger partial charge in [0.15, 0.2) is 17.2 Å². The van der Waals surface area contributed by atoms with Crippen LogP contribution in [0.2, 0.25) is 0 Å². The number of likely N-dealkylation sites (tertiary alicyclic amines) is 1. The van der Waals surface area contributed by atoms with E-state index in [-0.39, 0.29) is 17.5 Å². The Labute approximate surface area is 181 Å². The van der Waals surface area contributed by atoms with E-state index in [0.717, 1.165) is 29.7 Å². The fourth-order valence-corrected chi connectivity index (χ4v) is 3.97. The number of benzene rings is 3. The number of halogens is 3. The summed E-state index contributed by atoms with van der Waals surface area (Å²) in [5.74, 6) is -1.94. The van der Waals surface area contributed by atoms with Crippen LogP contribution in [0.3, 0.4) is 0 Å². The highest BCUT2D eigenvalue weighted by atomic mass is 19.2. The topological polar surface area (TPSA) is 58.4 Å². The first-order valence-corrected chi connectivity index (χ1v) is 10.2. The molecule has 4 aromatic rings. The Hall–Kier alpha value is -3.81. The van der Waals surface area contributed by atoms with Crippen LogP contribution in [0, 0.1) is 17.5 Å². The number of hydrogen-bond acceptors (Lipinski definition) is 3. The van der Waals surface area contributed by atoms with Crippen LogP contribution in [0.4, 0.5) is 23.7 Å². The van der Waals surface area contributed by atoms with Crippen LogP contribution >= 0.6 is 0 Å². The molecule has 1 aliphatic rings. The summed E-state index contributed by atoms with van der Waals surface area (Å²) in [5, 5.41) is 2.60. The molecule has 0 radical (unpaired) electrons. The molecular weight excluding hydrogens is 419 g/mol. The summed E-state index contributed by atoms with van der Waals surface area (Å²) in [6.07, 6.45) is 1.41. The normalized spacial score (nSPS) is 16.0. The summed E-state index contributed by atoms with van der Waals surface area (Å²) in [6.45, 7) is 0.480. The van der Waals surface area contributed by atoms with Crippen molar-refractivity contribution in [1.82, 2.24) is 9.88 Å². The van der Waals surface area contributed by atoms with Crippen LogP contribution in [-0.2, 0) is 0 Å². The molecule has 0 spiro atoms. The van der Waals surface area contributed by atoms with E-state index in [9.17, 15) is 18.0 Å². The van der Waals surface area contributed by atoms with E-state index in [1.807, 2.05) is 18.2 Å². The summed E-state index contributed by atoms with van der Waals surface area (Å²) < 4.78 is 46.1. The van der Waals surface area contributed by atoms with Gasteiger partial charge < -0.3 is 14.6 Å². The highest BCUT2D eigenvalue weighted by molar-refractivity contribution is 5.90. The summed E-state index contributed by atoms with van der Waals surface area (Å²) in [5.41, 5.74) is 2.86. The van der Waals surface area contributed by atoms with Crippen molar-refractivity contribution in [3.05, 3.63) is 84.0 Å². The first-order chi connectivity index (χ1) is 15.5. The fourth-order valence-electron chi connectivity index (χ4n) is 3.97. The molecule has 3 aromatic carbocycles. The van der Waals surface area contributed by atoms with Gasteiger partial charge in [-0.25, -0.2) is 22.9 Å². The zero-order valence-electron chi connectivity index (χ0n) is 16.8. The van der Waals surface area contributed by atoms with Crippen LogP contribution < -0.4 is 5.32 Å². The van der Waals surface area contributed by atoms with Crippen molar-refractivity contribution < 1.29 is 22.4 Å². The zero-order valence-corrected chi connectivity index (χ0v) is 16.8. The second-order valence-corrected chi connectivity index (χ2v) is 7.66. The van der Waals surface area contributed by atoms with E-state index in [2.05, 4.69) is 10.3 Å². The van der Waals surface area contributed by atoms with Crippen LogP contribution in [0.25, 0.3) is 22.2 Å². The quantitative estimate of drug-likeness (QED) is 0.410. The Balaban J connectivity index is 1.39. The molecule has 1 aliphatic heterocycles. The maximum absolute atomic E-state index is 13.6. The van der Waals surface area contributed by atoms with Gasteiger partial charge in [0.05, 0.1) is 0 Å². The lowest BCUT2D eigenvalue weighted by Crippen LogP contribution is -2.34. The van der Waals surface area contributed by atoms with Crippen LogP contribution in [-0.4, -0.2) is 22.5 Å². The second kappa shape index (κ2) is 8.03. The molecule has 5 rings (SSSR count). The number of hydrogen-bond donors (Lipinski definition) is 1. The molecule has 0 unspecified atom stereocenters. The summed E-state index contributed by atoms with van der Waals surface area (Å²) in [7, 11) is 0. The number of carbonyl (C=O) groups excluding carboxylic acids is 1. The van der Waals surface area contributed by atoms with Gasteiger partial charge in [0, 0.05) is 18.3 Å². The monoisotopic (exact) mass is 437 g/mol. The molecule has 1 fully saturated rings. The minimum atomic E-state index is -1.03. The third-order valence-corrected chi connectivity index (χ3v) is 5.53. The molecule has 1 atom stereocenters. The number of carbonyl (C=O) groups is 1. The van der Waals surface area contributed by atoms with Crippen molar-refractivity contribution in [3.63, 3.8) is 0 Å². The number of fused-ring (bicyclic) bond motifs is 1. The number of nitrogens with zero attached hydrogens (tertiary/aromatic N) is 2. The Morgan fingerprint density at radius 3 is 2.66 bits per heavy atom. The number of aromatic nitrogens is 1. The Morgan fingerprint density at radius 2 is 1.84 bits per heavy atom. The van der Waals surface area contributed by atoms with Gasteiger partial charge >= 0.3 is 6.03 Å². The van der Waals surface area contributed by atoms with Crippen molar-refractivity contribution >= 4 is 22.8 Å². The maximum atomic E-state index is 13.6. The fraction of sp³-hybridized carbons (Fsp3) is 0.167. The molecule has 0 saturated carbocycles. The molecule has 0 aliphatic carbocycles. The highest BCUT2D eigenvalue weighted by Crippen LogP contribution is 2.35. The number of oxazole rings is 1. The van der Waals surface area contributed by atoms with Gasteiger partial charge in [-0.15, -0.1) is 0 Å². The summed E-state index contributed by atoms with van der Waals surface area (Å²) >= 11 is 0. The Kier molecular flexibility index (Phi) is 5.05. The lowest BCUT2D eigenvalue weighted by atomic mass is 10.1. The molecule has 2 amide bonds. The molecule has 5 nitrogen and oxygen atoms in total. The van der Waals surface area contributed by atoms with Crippen molar-refractivity contribution in [1.29, 1.82) is 0 Å². The third kappa shape index (κ3) is 3.79. The standard InChI is InChI=1S/C24H18F3N3O2/c25-16-4-1-3-14(11-16)15-6-9-22-20(12-15)29-23(32-22)21-5-2-10-30(21)24(31)28-17-7-8-18(26)19(27)13-17/h1,3-4,6-9,11-13,21H,2,5,10H2,(H,28,31)/t21-/m0/s1. The first kappa shape index (κ1) is 20.1. The predicted molar refractivity (Wildman–Crippen MR) is 113 cm³/mol. The molecule has 1 N–H and O–H groups in total. The summed E-state index contributed by atoms with van der Waals surface area (Å²) in [4.78, 5) is 18.9. The van der Waals surface area contributed by atoms with Gasteiger partial charge in [-0.3, -0.25) is 0 Å².